The maximum absolute atomic E-state index is 5.03. The van der Waals surface area contributed by atoms with Crippen molar-refractivity contribution in [2.75, 3.05) is 33.2 Å². The third kappa shape index (κ3) is 4.58. The molecule has 2 fully saturated rings. The van der Waals surface area contributed by atoms with E-state index in [1.54, 1.807) is 0 Å². The number of allylic oxidation sites excluding steroid dienone is 6. The number of hydrogen-bond acceptors (Lipinski definition) is 5. The summed E-state index contributed by atoms with van der Waals surface area (Å²) in [6, 6.07) is 0. The Labute approximate surface area is 193 Å². The average Bonchev–Trinajstić information content (AvgIpc) is 2.80. The lowest BCUT2D eigenvalue weighted by Gasteiger charge is -2.37. The molecule has 3 heterocycles. The van der Waals surface area contributed by atoms with Gasteiger partial charge in [0.25, 0.3) is 0 Å². The molecule has 170 valence electrons. The zero-order chi connectivity index (χ0) is 22.7. The molecule has 3 aliphatic heterocycles. The molecule has 1 aliphatic carbocycles. The summed E-state index contributed by atoms with van der Waals surface area (Å²) in [6.45, 7) is 15.0. The molecule has 1 N–H and O–H groups in total. The van der Waals surface area contributed by atoms with Crippen LogP contribution in [-0.2, 0) is 0 Å². The zero-order valence-electron chi connectivity index (χ0n) is 20.1. The summed E-state index contributed by atoms with van der Waals surface area (Å²) >= 11 is 0. The van der Waals surface area contributed by atoms with Gasteiger partial charge in [-0.15, -0.1) is 0 Å². The van der Waals surface area contributed by atoms with Gasteiger partial charge in [0, 0.05) is 45.1 Å². The SMILES string of the molecule is C=C(/C(C)=C/C(=NC)C1=CC(=C2CCC2)N2C=C(N3CCNCC3)C=CC2=N1)C(C)CC. The smallest absolute Gasteiger partial charge is 0.137 e. The number of rotatable bonds is 6. The van der Waals surface area contributed by atoms with Gasteiger partial charge in [-0.05, 0) is 79.5 Å². The topological polar surface area (TPSA) is 43.2 Å². The van der Waals surface area contributed by atoms with E-state index in [1.165, 1.54) is 47.4 Å². The molecule has 1 atom stereocenters. The monoisotopic (exact) mass is 431 g/mol. The molecule has 0 amide bonds. The van der Waals surface area contributed by atoms with E-state index >= 15 is 0 Å². The van der Waals surface area contributed by atoms with E-state index in [-0.39, 0.29) is 0 Å². The predicted molar refractivity (Wildman–Crippen MR) is 136 cm³/mol. The van der Waals surface area contributed by atoms with E-state index in [9.17, 15) is 0 Å². The van der Waals surface area contributed by atoms with Crippen molar-refractivity contribution in [3.8, 4) is 0 Å². The molecule has 32 heavy (non-hydrogen) atoms. The van der Waals surface area contributed by atoms with Crippen molar-refractivity contribution in [3.05, 3.63) is 70.9 Å². The molecule has 4 rings (SSSR count). The van der Waals surface area contributed by atoms with Gasteiger partial charge in [-0.25, -0.2) is 4.99 Å². The first-order chi connectivity index (χ1) is 15.5. The summed E-state index contributed by atoms with van der Waals surface area (Å²) in [4.78, 5) is 14.4. The number of nitrogens with one attached hydrogen (secondary N) is 1. The van der Waals surface area contributed by atoms with Crippen LogP contribution in [0.1, 0.15) is 46.5 Å². The van der Waals surface area contributed by atoms with Crippen molar-refractivity contribution >= 4 is 11.5 Å². The lowest BCUT2D eigenvalue weighted by atomic mass is 9.88. The van der Waals surface area contributed by atoms with Gasteiger partial charge in [-0.2, -0.15) is 0 Å². The van der Waals surface area contributed by atoms with E-state index in [1.807, 2.05) is 7.05 Å². The molecular weight excluding hydrogens is 394 g/mol. The van der Waals surface area contributed by atoms with Crippen molar-refractivity contribution in [1.82, 2.24) is 15.1 Å². The first kappa shape index (κ1) is 22.5. The fraction of sp³-hybridized carbons (Fsp3) is 0.481. The Morgan fingerprint density at radius 2 is 2.03 bits per heavy atom. The molecule has 0 radical (unpaired) electrons. The van der Waals surface area contributed by atoms with E-state index in [0.717, 1.165) is 49.8 Å². The maximum atomic E-state index is 5.03. The molecule has 1 saturated carbocycles. The average molecular weight is 432 g/mol. The Kier molecular flexibility index (Phi) is 6.95. The van der Waals surface area contributed by atoms with Crippen LogP contribution in [0.2, 0.25) is 0 Å². The Hall–Kier alpha value is -2.66. The van der Waals surface area contributed by atoms with Crippen molar-refractivity contribution < 1.29 is 0 Å². The molecule has 0 aromatic rings. The zero-order valence-corrected chi connectivity index (χ0v) is 20.1. The molecule has 1 saturated heterocycles. The van der Waals surface area contributed by atoms with E-state index < -0.39 is 0 Å². The van der Waals surface area contributed by atoms with Crippen LogP contribution in [0.4, 0.5) is 0 Å². The molecule has 0 bridgehead atoms. The molecule has 1 unspecified atom stereocenters. The van der Waals surface area contributed by atoms with Crippen LogP contribution in [0.15, 0.2) is 80.9 Å². The van der Waals surface area contributed by atoms with Crippen LogP contribution in [0, 0.1) is 5.92 Å². The van der Waals surface area contributed by atoms with Gasteiger partial charge < -0.3 is 10.2 Å². The van der Waals surface area contributed by atoms with Crippen LogP contribution in [0.25, 0.3) is 0 Å². The fourth-order valence-electron chi connectivity index (χ4n) is 4.43. The summed E-state index contributed by atoms with van der Waals surface area (Å²) in [5.41, 5.74) is 8.28. The number of amidine groups is 1. The second kappa shape index (κ2) is 9.86. The summed E-state index contributed by atoms with van der Waals surface area (Å²) < 4.78 is 0. The highest BCUT2D eigenvalue weighted by Crippen LogP contribution is 2.35. The minimum Gasteiger partial charge on any atom is -0.368 e. The van der Waals surface area contributed by atoms with Crippen molar-refractivity contribution in [2.45, 2.75) is 46.5 Å². The van der Waals surface area contributed by atoms with Crippen LogP contribution in [-0.4, -0.2) is 54.6 Å². The van der Waals surface area contributed by atoms with Crippen LogP contribution in [0.5, 0.6) is 0 Å². The highest BCUT2D eigenvalue weighted by Gasteiger charge is 2.27. The van der Waals surface area contributed by atoms with Crippen LogP contribution in [0.3, 0.4) is 0 Å². The van der Waals surface area contributed by atoms with Gasteiger partial charge in [0.1, 0.15) is 5.84 Å². The number of fused-ring (bicyclic) bond motifs is 1. The second-order valence-corrected chi connectivity index (χ2v) is 9.11. The van der Waals surface area contributed by atoms with Gasteiger partial charge in [-0.1, -0.05) is 20.4 Å². The molecule has 0 spiro atoms. The third-order valence-corrected chi connectivity index (χ3v) is 7.05. The van der Waals surface area contributed by atoms with E-state index in [4.69, 9.17) is 4.99 Å². The second-order valence-electron chi connectivity index (χ2n) is 9.11. The lowest BCUT2D eigenvalue weighted by Crippen LogP contribution is -2.44. The molecule has 5 heteroatoms. The van der Waals surface area contributed by atoms with Gasteiger partial charge in [0.05, 0.1) is 17.1 Å². The van der Waals surface area contributed by atoms with Gasteiger partial charge in [-0.3, -0.25) is 9.89 Å². The summed E-state index contributed by atoms with van der Waals surface area (Å²) in [6.07, 6.45) is 15.7. The standard InChI is InChI=1S/C27H37N5/c1-6-19(2)21(4)20(3)16-24(28-5)25-17-26(22-8-7-9-22)32-18-23(10-11-27(32)30-25)31-14-12-29-13-15-31/h10-11,16-19,29H,4,6-9,12-15H2,1-3,5H3/b20-16+,28-24?. The molecular formula is C27H37N5. The Bertz CT molecular complexity index is 974. The first-order valence-electron chi connectivity index (χ1n) is 12.0. The number of nitrogens with zero attached hydrogens (tertiary/aromatic N) is 4. The van der Waals surface area contributed by atoms with E-state index in [0.29, 0.717) is 5.92 Å². The van der Waals surface area contributed by atoms with E-state index in [2.05, 4.69) is 78.0 Å². The predicted octanol–water partition coefficient (Wildman–Crippen LogP) is 4.96. The Balaban J connectivity index is 1.66. The summed E-state index contributed by atoms with van der Waals surface area (Å²) in [5, 5.41) is 3.44. The van der Waals surface area contributed by atoms with Crippen molar-refractivity contribution in [1.29, 1.82) is 0 Å². The highest BCUT2D eigenvalue weighted by molar-refractivity contribution is 6.12. The quantitative estimate of drug-likeness (QED) is 0.478. The summed E-state index contributed by atoms with van der Waals surface area (Å²) in [7, 11) is 1.85. The lowest BCUT2D eigenvalue weighted by molar-refractivity contribution is 0.303. The van der Waals surface area contributed by atoms with Crippen molar-refractivity contribution in [3.63, 3.8) is 0 Å². The molecule has 0 aromatic heterocycles. The van der Waals surface area contributed by atoms with Crippen molar-refractivity contribution in [2.24, 2.45) is 15.9 Å². The highest BCUT2D eigenvalue weighted by atomic mass is 15.3. The summed E-state index contributed by atoms with van der Waals surface area (Å²) in [5.74, 6) is 1.44. The Morgan fingerprint density at radius 3 is 2.66 bits per heavy atom. The fourth-order valence-corrected chi connectivity index (χ4v) is 4.43. The molecule has 5 nitrogen and oxygen atoms in total. The van der Waals surface area contributed by atoms with Gasteiger partial charge >= 0.3 is 0 Å². The normalized spacial score (nSPS) is 22.7. The Morgan fingerprint density at radius 1 is 1.28 bits per heavy atom. The van der Waals surface area contributed by atoms with Gasteiger partial charge in [0.15, 0.2) is 0 Å². The third-order valence-electron chi connectivity index (χ3n) is 7.05. The largest absolute Gasteiger partial charge is 0.368 e. The van der Waals surface area contributed by atoms with Gasteiger partial charge in [0.2, 0.25) is 0 Å². The van der Waals surface area contributed by atoms with Crippen LogP contribution >= 0.6 is 0 Å². The maximum Gasteiger partial charge on any atom is 0.137 e. The first-order valence-corrected chi connectivity index (χ1v) is 12.0. The minimum atomic E-state index is 0.467. The number of aliphatic imine (C=N–C) groups is 2. The number of hydrogen-bond donors (Lipinski definition) is 1. The molecule has 0 aromatic carbocycles. The number of piperazine rings is 1. The minimum absolute atomic E-state index is 0.467. The van der Waals surface area contributed by atoms with Crippen LogP contribution < -0.4 is 5.32 Å². The molecule has 4 aliphatic rings.